The lowest BCUT2D eigenvalue weighted by atomic mass is 10.2. The minimum Gasteiger partial charge on any atom is -0.355 e. The quantitative estimate of drug-likeness (QED) is 0.763. The van der Waals surface area contributed by atoms with Crippen LogP contribution in [0.15, 0.2) is 51.3 Å². The predicted molar refractivity (Wildman–Crippen MR) is 86.8 cm³/mol. The average Bonchev–Trinajstić information content (AvgIpc) is 3.12. The molecule has 1 aromatic carbocycles. The van der Waals surface area contributed by atoms with E-state index in [2.05, 4.69) is 9.88 Å². The summed E-state index contributed by atoms with van der Waals surface area (Å²) < 4.78 is 32.7. The highest BCUT2D eigenvalue weighted by atomic mass is 35.5. The van der Waals surface area contributed by atoms with Gasteiger partial charge in [0.05, 0.1) is 16.8 Å². The summed E-state index contributed by atoms with van der Waals surface area (Å²) in [5.41, 5.74) is 1.25. The Hall–Kier alpha value is -1.83. The molecule has 1 N–H and O–H groups in total. The molecule has 0 spiro atoms. The minimum atomic E-state index is -3.68. The number of anilines is 1. The molecular formula is C14H11ClN2O3S2. The molecule has 0 saturated carbocycles. The third kappa shape index (κ3) is 3.01. The number of benzene rings is 1. The lowest BCUT2D eigenvalue weighted by Gasteiger charge is -2.09. The largest absolute Gasteiger partial charge is 0.355 e. The molecular weight excluding hydrogens is 344 g/mol. The second-order valence-corrected chi connectivity index (χ2v) is 7.99. The van der Waals surface area contributed by atoms with E-state index in [4.69, 9.17) is 16.1 Å². The maximum Gasteiger partial charge on any atom is 0.271 e. The SMILES string of the molecule is Cc1ccc(Cl)cc1NS(=O)(=O)c1ccc(-c2ccno2)s1. The van der Waals surface area contributed by atoms with Gasteiger partial charge in [0.15, 0.2) is 5.76 Å². The first-order valence-electron chi connectivity index (χ1n) is 6.25. The van der Waals surface area contributed by atoms with Gasteiger partial charge in [0.1, 0.15) is 4.21 Å². The Bertz CT molecular complexity index is 902. The Labute approximate surface area is 136 Å². The van der Waals surface area contributed by atoms with E-state index in [-0.39, 0.29) is 4.21 Å². The summed E-state index contributed by atoms with van der Waals surface area (Å²) >= 11 is 7.02. The first-order chi connectivity index (χ1) is 10.5. The normalized spacial score (nSPS) is 11.5. The van der Waals surface area contributed by atoms with Gasteiger partial charge in [0.25, 0.3) is 10.0 Å². The number of halogens is 1. The van der Waals surface area contributed by atoms with E-state index < -0.39 is 10.0 Å². The van der Waals surface area contributed by atoms with Crippen molar-refractivity contribution in [3.8, 4) is 10.6 Å². The minimum absolute atomic E-state index is 0.193. The molecule has 0 radical (unpaired) electrons. The number of aromatic nitrogens is 1. The zero-order valence-corrected chi connectivity index (χ0v) is 13.8. The van der Waals surface area contributed by atoms with Crippen LogP contribution < -0.4 is 4.72 Å². The Morgan fingerprint density at radius 2 is 2.05 bits per heavy atom. The van der Waals surface area contributed by atoms with Crippen molar-refractivity contribution in [1.82, 2.24) is 5.16 Å². The average molecular weight is 355 g/mol. The maximum atomic E-state index is 12.5. The molecule has 0 saturated heterocycles. The number of hydrogen-bond acceptors (Lipinski definition) is 5. The zero-order chi connectivity index (χ0) is 15.7. The van der Waals surface area contributed by atoms with E-state index in [9.17, 15) is 8.42 Å². The third-order valence-corrected chi connectivity index (χ3v) is 6.16. The molecule has 2 aromatic heterocycles. The Morgan fingerprint density at radius 3 is 2.77 bits per heavy atom. The second kappa shape index (κ2) is 5.75. The molecule has 2 heterocycles. The molecule has 22 heavy (non-hydrogen) atoms. The number of nitrogens with one attached hydrogen (secondary N) is 1. The van der Waals surface area contributed by atoms with Crippen molar-refractivity contribution in [2.75, 3.05) is 4.72 Å². The summed E-state index contributed by atoms with van der Waals surface area (Å²) in [5, 5.41) is 4.08. The summed E-state index contributed by atoms with van der Waals surface area (Å²) in [7, 11) is -3.68. The summed E-state index contributed by atoms with van der Waals surface area (Å²) in [6.45, 7) is 1.81. The van der Waals surface area contributed by atoms with Crippen LogP contribution in [0.3, 0.4) is 0 Å². The lowest BCUT2D eigenvalue weighted by molar-refractivity contribution is 0.433. The number of aryl methyl sites for hydroxylation is 1. The van der Waals surface area contributed by atoms with Crippen molar-refractivity contribution >= 4 is 38.6 Å². The molecule has 0 aliphatic rings. The smallest absolute Gasteiger partial charge is 0.271 e. The highest BCUT2D eigenvalue weighted by Gasteiger charge is 2.19. The molecule has 0 unspecified atom stereocenters. The summed E-state index contributed by atoms with van der Waals surface area (Å²) in [5.74, 6) is 0.533. The van der Waals surface area contributed by atoms with Gasteiger partial charge in [-0.2, -0.15) is 0 Å². The van der Waals surface area contributed by atoms with Crippen molar-refractivity contribution < 1.29 is 12.9 Å². The standard InChI is InChI=1S/C14H11ClN2O3S2/c1-9-2-3-10(15)8-11(9)17-22(18,19)14-5-4-13(21-14)12-6-7-16-20-12/h2-8,17H,1H3. The van der Waals surface area contributed by atoms with Gasteiger partial charge in [-0.25, -0.2) is 8.42 Å². The summed E-state index contributed by atoms with van der Waals surface area (Å²) in [6, 6.07) is 9.95. The third-order valence-electron chi connectivity index (χ3n) is 2.97. The molecule has 0 atom stereocenters. The molecule has 5 nitrogen and oxygen atoms in total. The van der Waals surface area contributed by atoms with Gasteiger partial charge < -0.3 is 4.52 Å². The van der Waals surface area contributed by atoms with Crippen LogP contribution in [-0.2, 0) is 10.0 Å². The van der Waals surface area contributed by atoms with Gasteiger partial charge in [-0.1, -0.05) is 22.8 Å². The van der Waals surface area contributed by atoms with Crippen LogP contribution >= 0.6 is 22.9 Å². The van der Waals surface area contributed by atoms with E-state index in [0.717, 1.165) is 16.9 Å². The van der Waals surface area contributed by atoms with E-state index in [1.165, 1.54) is 12.3 Å². The van der Waals surface area contributed by atoms with Crippen molar-refractivity contribution in [3.63, 3.8) is 0 Å². The van der Waals surface area contributed by atoms with Crippen molar-refractivity contribution in [2.45, 2.75) is 11.1 Å². The van der Waals surface area contributed by atoms with Gasteiger partial charge in [0, 0.05) is 11.1 Å². The number of hydrogen-bond donors (Lipinski definition) is 1. The van der Waals surface area contributed by atoms with E-state index in [0.29, 0.717) is 21.3 Å². The molecule has 0 aliphatic heterocycles. The lowest BCUT2D eigenvalue weighted by Crippen LogP contribution is -2.12. The molecule has 0 aliphatic carbocycles. The number of nitrogens with zero attached hydrogens (tertiary/aromatic N) is 1. The Morgan fingerprint density at radius 1 is 1.23 bits per heavy atom. The molecule has 114 valence electrons. The van der Waals surface area contributed by atoms with Gasteiger partial charge in [-0.05, 0) is 36.8 Å². The van der Waals surface area contributed by atoms with Crippen LogP contribution in [0.5, 0.6) is 0 Å². The van der Waals surface area contributed by atoms with Crippen LogP contribution in [0.1, 0.15) is 5.56 Å². The van der Waals surface area contributed by atoms with Gasteiger partial charge in [-0.15, -0.1) is 11.3 Å². The van der Waals surface area contributed by atoms with Crippen molar-refractivity contribution in [2.24, 2.45) is 0 Å². The van der Waals surface area contributed by atoms with Crippen LogP contribution in [0.25, 0.3) is 10.6 Å². The summed E-state index contributed by atoms with van der Waals surface area (Å²) in [4.78, 5) is 0.695. The first kappa shape index (κ1) is 15.1. The number of sulfonamides is 1. The van der Waals surface area contributed by atoms with Crippen LogP contribution in [-0.4, -0.2) is 13.6 Å². The van der Waals surface area contributed by atoms with Crippen LogP contribution in [0, 0.1) is 6.92 Å². The van der Waals surface area contributed by atoms with Gasteiger partial charge in [0.2, 0.25) is 0 Å². The highest BCUT2D eigenvalue weighted by molar-refractivity contribution is 7.94. The molecule has 3 rings (SSSR count). The highest BCUT2D eigenvalue weighted by Crippen LogP contribution is 2.32. The monoisotopic (exact) mass is 354 g/mol. The molecule has 0 bridgehead atoms. The Balaban J connectivity index is 1.92. The predicted octanol–water partition coefficient (Wildman–Crippen LogP) is 4.17. The Kier molecular flexibility index (Phi) is 3.94. The van der Waals surface area contributed by atoms with Gasteiger partial charge in [-0.3, -0.25) is 4.72 Å². The van der Waals surface area contributed by atoms with Gasteiger partial charge >= 0.3 is 0 Å². The van der Waals surface area contributed by atoms with Crippen LogP contribution in [0.2, 0.25) is 5.02 Å². The van der Waals surface area contributed by atoms with E-state index >= 15 is 0 Å². The fraction of sp³-hybridized carbons (Fsp3) is 0.0714. The van der Waals surface area contributed by atoms with Crippen molar-refractivity contribution in [1.29, 1.82) is 0 Å². The number of thiophene rings is 1. The van der Waals surface area contributed by atoms with E-state index in [1.807, 2.05) is 6.92 Å². The molecule has 0 fully saturated rings. The summed E-state index contributed by atoms with van der Waals surface area (Å²) in [6.07, 6.45) is 1.51. The molecule has 3 aromatic rings. The van der Waals surface area contributed by atoms with E-state index in [1.54, 1.807) is 30.3 Å². The molecule has 0 amide bonds. The van der Waals surface area contributed by atoms with Crippen LogP contribution in [0.4, 0.5) is 5.69 Å². The first-order valence-corrected chi connectivity index (χ1v) is 8.93. The second-order valence-electron chi connectivity index (χ2n) is 4.56. The zero-order valence-electron chi connectivity index (χ0n) is 11.4. The fourth-order valence-corrected chi connectivity index (χ4v) is 4.40. The topological polar surface area (TPSA) is 72.2 Å². The fourth-order valence-electron chi connectivity index (χ4n) is 1.84. The molecule has 8 heteroatoms. The maximum absolute atomic E-state index is 12.5. The number of rotatable bonds is 4. The van der Waals surface area contributed by atoms with Crippen molar-refractivity contribution in [3.05, 3.63) is 53.2 Å².